The Morgan fingerprint density at radius 3 is 2.62 bits per heavy atom. The molecule has 0 saturated heterocycles. The number of nitrogens with one attached hydrogen (secondary N) is 2. The minimum absolute atomic E-state index is 0.0217. The molecule has 2 N–H and O–H groups in total. The zero-order valence-electron chi connectivity index (χ0n) is 14.0. The van der Waals surface area contributed by atoms with E-state index in [1.54, 1.807) is 17.7 Å². The van der Waals surface area contributed by atoms with Gasteiger partial charge in [-0.05, 0) is 36.7 Å². The van der Waals surface area contributed by atoms with Crippen LogP contribution in [0.4, 0.5) is 0 Å². The van der Waals surface area contributed by atoms with Crippen LogP contribution in [0, 0.1) is 0 Å². The number of carbonyl (C=O) groups excluding carboxylic acids is 2. The average molecular weight is 349 g/mol. The molecular formula is C17H23N3O3S. The zero-order chi connectivity index (χ0) is 17.4. The minimum atomic E-state index is -0.238. The molecule has 0 unspecified atom stereocenters. The molecule has 0 radical (unpaired) electrons. The predicted molar refractivity (Wildman–Crippen MR) is 94.0 cm³/mol. The van der Waals surface area contributed by atoms with Gasteiger partial charge in [0.2, 0.25) is 5.91 Å². The maximum Gasteiger partial charge on any atom is 0.252 e. The third kappa shape index (κ3) is 4.94. The van der Waals surface area contributed by atoms with E-state index in [-0.39, 0.29) is 24.4 Å². The van der Waals surface area contributed by atoms with Crippen molar-refractivity contribution in [3.8, 4) is 0 Å². The molecule has 0 bridgehead atoms. The molecule has 0 spiro atoms. The lowest BCUT2D eigenvalue weighted by Gasteiger charge is -2.28. The average Bonchev–Trinajstić information content (AvgIpc) is 3.29. The summed E-state index contributed by atoms with van der Waals surface area (Å²) >= 11 is 1.45. The quantitative estimate of drug-likeness (QED) is 0.728. The Morgan fingerprint density at radius 1 is 1.25 bits per heavy atom. The smallest absolute Gasteiger partial charge is 0.252 e. The Hall–Kier alpha value is -2.12. The van der Waals surface area contributed by atoms with Crippen LogP contribution in [0.25, 0.3) is 0 Å². The van der Waals surface area contributed by atoms with Crippen molar-refractivity contribution in [2.24, 2.45) is 0 Å². The maximum atomic E-state index is 12.0. The zero-order valence-corrected chi connectivity index (χ0v) is 14.8. The van der Waals surface area contributed by atoms with Gasteiger partial charge in [0.05, 0.1) is 18.8 Å². The monoisotopic (exact) mass is 349 g/mol. The van der Waals surface area contributed by atoms with Gasteiger partial charge in [0.25, 0.3) is 5.91 Å². The summed E-state index contributed by atoms with van der Waals surface area (Å²) in [6, 6.07) is 5.46. The van der Waals surface area contributed by atoms with Crippen LogP contribution in [0.2, 0.25) is 0 Å². The summed E-state index contributed by atoms with van der Waals surface area (Å²) in [5, 5.41) is 9.06. The molecule has 0 aliphatic heterocycles. The number of carbonyl (C=O) groups is 2. The number of hydrogen-bond donors (Lipinski definition) is 2. The van der Waals surface area contributed by atoms with Crippen molar-refractivity contribution < 1.29 is 14.0 Å². The van der Waals surface area contributed by atoms with Crippen LogP contribution >= 0.6 is 11.3 Å². The summed E-state index contributed by atoms with van der Waals surface area (Å²) in [6.07, 6.45) is 1.63. The van der Waals surface area contributed by atoms with Crippen LogP contribution in [0.1, 0.15) is 36.0 Å². The number of amides is 2. The molecule has 6 nitrogen and oxygen atoms in total. The normalized spacial score (nSPS) is 12.1. The van der Waals surface area contributed by atoms with E-state index in [9.17, 15) is 9.59 Å². The summed E-state index contributed by atoms with van der Waals surface area (Å²) in [4.78, 5) is 26.1. The molecule has 2 aromatic heterocycles. The van der Waals surface area contributed by atoms with Gasteiger partial charge in [-0.15, -0.1) is 0 Å². The van der Waals surface area contributed by atoms with Crippen molar-refractivity contribution in [2.45, 2.75) is 19.9 Å². The second kappa shape index (κ2) is 9.24. The third-order valence-electron chi connectivity index (χ3n) is 3.81. The Kier molecular flexibility index (Phi) is 7.02. The molecule has 0 aromatic carbocycles. The fourth-order valence-corrected chi connectivity index (χ4v) is 3.12. The van der Waals surface area contributed by atoms with Gasteiger partial charge in [-0.3, -0.25) is 14.5 Å². The van der Waals surface area contributed by atoms with E-state index >= 15 is 0 Å². The molecule has 0 fully saturated rings. The van der Waals surface area contributed by atoms with Crippen LogP contribution < -0.4 is 10.6 Å². The van der Waals surface area contributed by atoms with Crippen LogP contribution in [-0.2, 0) is 4.79 Å². The SMILES string of the molecule is CCN(CC)[C@H](CNC(=O)CNC(=O)c1ccsc1)c1ccco1. The highest BCUT2D eigenvalue weighted by molar-refractivity contribution is 7.08. The minimum Gasteiger partial charge on any atom is -0.468 e. The van der Waals surface area contributed by atoms with Crippen molar-refractivity contribution >= 4 is 23.2 Å². The highest BCUT2D eigenvalue weighted by Gasteiger charge is 2.21. The Labute approximate surface area is 145 Å². The highest BCUT2D eigenvalue weighted by atomic mass is 32.1. The highest BCUT2D eigenvalue weighted by Crippen LogP contribution is 2.20. The van der Waals surface area contributed by atoms with Crippen molar-refractivity contribution in [3.63, 3.8) is 0 Å². The van der Waals surface area contributed by atoms with E-state index in [0.29, 0.717) is 12.1 Å². The number of nitrogens with zero attached hydrogens (tertiary/aromatic N) is 1. The molecule has 0 aliphatic rings. The van der Waals surface area contributed by atoms with Gasteiger partial charge in [-0.2, -0.15) is 11.3 Å². The summed E-state index contributed by atoms with van der Waals surface area (Å²) in [5.74, 6) is 0.362. The van der Waals surface area contributed by atoms with Gasteiger partial charge in [-0.1, -0.05) is 13.8 Å². The second-order valence-electron chi connectivity index (χ2n) is 5.25. The van der Waals surface area contributed by atoms with Crippen molar-refractivity contribution in [2.75, 3.05) is 26.2 Å². The number of hydrogen-bond acceptors (Lipinski definition) is 5. The number of thiophene rings is 1. The van der Waals surface area contributed by atoms with E-state index in [4.69, 9.17) is 4.42 Å². The molecule has 130 valence electrons. The van der Waals surface area contributed by atoms with Gasteiger partial charge >= 0.3 is 0 Å². The number of rotatable bonds is 9. The fraction of sp³-hybridized carbons (Fsp3) is 0.412. The van der Waals surface area contributed by atoms with Gasteiger partial charge in [-0.25, -0.2) is 0 Å². The lowest BCUT2D eigenvalue weighted by molar-refractivity contribution is -0.120. The first-order valence-electron chi connectivity index (χ1n) is 8.00. The first-order chi connectivity index (χ1) is 11.7. The van der Waals surface area contributed by atoms with Crippen molar-refractivity contribution in [1.29, 1.82) is 0 Å². The number of likely N-dealkylation sites (N-methyl/N-ethyl adjacent to an activating group) is 1. The number of furan rings is 1. The van der Waals surface area contributed by atoms with Crippen LogP contribution in [-0.4, -0.2) is 42.9 Å². The van der Waals surface area contributed by atoms with E-state index in [2.05, 4.69) is 29.4 Å². The Morgan fingerprint density at radius 2 is 2.04 bits per heavy atom. The molecule has 0 saturated carbocycles. The molecule has 2 amide bonds. The largest absolute Gasteiger partial charge is 0.468 e. The van der Waals surface area contributed by atoms with E-state index < -0.39 is 0 Å². The second-order valence-corrected chi connectivity index (χ2v) is 6.03. The molecule has 2 rings (SSSR count). The van der Waals surface area contributed by atoms with Crippen LogP contribution in [0.5, 0.6) is 0 Å². The molecule has 24 heavy (non-hydrogen) atoms. The van der Waals surface area contributed by atoms with Crippen molar-refractivity contribution in [1.82, 2.24) is 15.5 Å². The Balaban J connectivity index is 1.84. The van der Waals surface area contributed by atoms with E-state index in [0.717, 1.165) is 18.8 Å². The van der Waals surface area contributed by atoms with Gasteiger partial charge in [0.15, 0.2) is 0 Å². The lowest BCUT2D eigenvalue weighted by Crippen LogP contribution is -2.42. The molecule has 7 heteroatoms. The first kappa shape index (κ1) is 18.2. The fourth-order valence-electron chi connectivity index (χ4n) is 2.48. The molecule has 0 aliphatic carbocycles. The lowest BCUT2D eigenvalue weighted by atomic mass is 10.2. The maximum absolute atomic E-state index is 12.0. The third-order valence-corrected chi connectivity index (χ3v) is 4.49. The summed E-state index contributed by atoms with van der Waals surface area (Å²) in [7, 11) is 0. The molecular weight excluding hydrogens is 326 g/mol. The van der Waals surface area contributed by atoms with Crippen LogP contribution in [0.15, 0.2) is 39.6 Å². The van der Waals surface area contributed by atoms with E-state index in [1.165, 1.54) is 11.3 Å². The topological polar surface area (TPSA) is 74.6 Å². The van der Waals surface area contributed by atoms with Crippen LogP contribution in [0.3, 0.4) is 0 Å². The van der Waals surface area contributed by atoms with Gasteiger partial charge in [0, 0.05) is 17.5 Å². The molecule has 2 heterocycles. The van der Waals surface area contributed by atoms with E-state index in [1.807, 2.05) is 17.5 Å². The molecule has 2 aromatic rings. The predicted octanol–water partition coefficient (Wildman–Crippen LogP) is 2.27. The molecule has 1 atom stereocenters. The summed E-state index contributed by atoms with van der Waals surface area (Å²) < 4.78 is 5.50. The Bertz CT molecular complexity index is 622. The van der Waals surface area contributed by atoms with Gasteiger partial charge < -0.3 is 15.1 Å². The van der Waals surface area contributed by atoms with Crippen molar-refractivity contribution in [3.05, 3.63) is 46.5 Å². The van der Waals surface area contributed by atoms with Gasteiger partial charge in [0.1, 0.15) is 5.76 Å². The summed E-state index contributed by atoms with van der Waals surface area (Å²) in [5.41, 5.74) is 0.574. The standard InChI is InChI=1S/C17H23N3O3S/c1-3-20(4-2)14(15-6-5-8-23-15)10-18-16(21)11-19-17(22)13-7-9-24-12-13/h5-9,12,14H,3-4,10-11H2,1-2H3,(H,18,21)(H,19,22)/t14-/m1/s1. The summed E-state index contributed by atoms with van der Waals surface area (Å²) in [6.45, 7) is 6.24. The first-order valence-corrected chi connectivity index (χ1v) is 8.94.